The minimum Gasteiger partial charge on any atom is -0.497 e. The van der Waals surface area contributed by atoms with Gasteiger partial charge in [-0.3, -0.25) is 4.79 Å². The van der Waals surface area contributed by atoms with Crippen molar-refractivity contribution in [2.75, 3.05) is 21.3 Å². The summed E-state index contributed by atoms with van der Waals surface area (Å²) in [7, 11) is 4.68. The van der Waals surface area contributed by atoms with E-state index >= 15 is 0 Å². The minimum absolute atomic E-state index is 0.0692. The number of benzene rings is 1. The molecule has 1 unspecified atom stereocenters. The van der Waals surface area contributed by atoms with Gasteiger partial charge in [0.1, 0.15) is 17.3 Å². The molecule has 3 N–H and O–H groups in total. The van der Waals surface area contributed by atoms with Crippen LogP contribution in [-0.2, 0) is 0 Å². The molecule has 1 atom stereocenters. The van der Waals surface area contributed by atoms with Crippen molar-refractivity contribution in [1.29, 1.82) is 0 Å². The number of oxime groups is 1. The molecule has 0 fully saturated rings. The van der Waals surface area contributed by atoms with Crippen LogP contribution in [0.25, 0.3) is 0 Å². The molecule has 0 aromatic heterocycles. The van der Waals surface area contributed by atoms with Gasteiger partial charge >= 0.3 is 0 Å². The Balaban J connectivity index is 3.01. The van der Waals surface area contributed by atoms with Crippen molar-refractivity contribution in [3.63, 3.8) is 0 Å². The molecule has 116 valence electrons. The molecular weight excluding hydrogens is 274 g/mol. The lowest BCUT2D eigenvalue weighted by Gasteiger charge is -2.25. The molecule has 0 saturated carbocycles. The SMILES string of the molecule is COc1ccc(OC)c(C(=O)N(C)C(C)CC(N)=NO)c1. The van der Waals surface area contributed by atoms with E-state index in [1.54, 1.807) is 25.2 Å². The van der Waals surface area contributed by atoms with E-state index in [2.05, 4.69) is 5.16 Å². The van der Waals surface area contributed by atoms with Crippen LogP contribution in [0.4, 0.5) is 0 Å². The van der Waals surface area contributed by atoms with Gasteiger partial charge in [-0.2, -0.15) is 0 Å². The van der Waals surface area contributed by atoms with Crippen molar-refractivity contribution in [3.05, 3.63) is 23.8 Å². The van der Waals surface area contributed by atoms with E-state index < -0.39 is 0 Å². The summed E-state index contributed by atoms with van der Waals surface area (Å²) in [6.45, 7) is 1.81. The maximum atomic E-state index is 12.6. The van der Waals surface area contributed by atoms with Gasteiger partial charge < -0.3 is 25.3 Å². The summed E-state index contributed by atoms with van der Waals surface area (Å²) in [5.74, 6) is 0.865. The molecule has 7 heteroatoms. The van der Waals surface area contributed by atoms with E-state index in [4.69, 9.17) is 20.4 Å². The zero-order valence-electron chi connectivity index (χ0n) is 12.7. The number of amides is 1. The number of hydrogen-bond donors (Lipinski definition) is 2. The molecule has 7 nitrogen and oxygen atoms in total. The highest BCUT2D eigenvalue weighted by molar-refractivity contribution is 5.97. The fraction of sp³-hybridized carbons (Fsp3) is 0.429. The van der Waals surface area contributed by atoms with E-state index in [1.807, 2.05) is 6.92 Å². The molecule has 1 amide bonds. The van der Waals surface area contributed by atoms with Crippen molar-refractivity contribution < 1.29 is 19.5 Å². The van der Waals surface area contributed by atoms with Gasteiger partial charge in [0.05, 0.1) is 19.8 Å². The van der Waals surface area contributed by atoms with Crippen LogP contribution in [0, 0.1) is 0 Å². The number of ether oxygens (including phenoxy) is 2. The normalized spacial score (nSPS) is 12.7. The smallest absolute Gasteiger partial charge is 0.257 e. The van der Waals surface area contributed by atoms with Gasteiger partial charge in [-0.1, -0.05) is 5.16 Å². The van der Waals surface area contributed by atoms with Crippen LogP contribution in [0.15, 0.2) is 23.4 Å². The predicted molar refractivity (Wildman–Crippen MR) is 79.1 cm³/mol. The Labute approximate surface area is 123 Å². The second-order valence-corrected chi connectivity index (χ2v) is 4.63. The van der Waals surface area contributed by atoms with Crippen molar-refractivity contribution in [1.82, 2.24) is 4.90 Å². The summed E-state index contributed by atoms with van der Waals surface area (Å²) < 4.78 is 10.3. The monoisotopic (exact) mass is 295 g/mol. The molecule has 0 spiro atoms. The number of carbonyl (C=O) groups is 1. The molecule has 1 aromatic rings. The second kappa shape index (κ2) is 7.37. The van der Waals surface area contributed by atoms with Gasteiger partial charge in [-0.15, -0.1) is 0 Å². The highest BCUT2D eigenvalue weighted by atomic mass is 16.5. The molecule has 0 heterocycles. The Hall–Kier alpha value is -2.44. The number of carbonyl (C=O) groups excluding carboxylic acids is 1. The van der Waals surface area contributed by atoms with Crippen LogP contribution in [0.5, 0.6) is 11.5 Å². The van der Waals surface area contributed by atoms with Crippen LogP contribution in [0.3, 0.4) is 0 Å². The molecule has 0 aliphatic rings. The van der Waals surface area contributed by atoms with E-state index in [9.17, 15) is 4.79 Å². The van der Waals surface area contributed by atoms with Crippen molar-refractivity contribution in [2.45, 2.75) is 19.4 Å². The third kappa shape index (κ3) is 4.01. The van der Waals surface area contributed by atoms with Crippen molar-refractivity contribution >= 4 is 11.7 Å². The number of nitrogens with zero attached hydrogens (tertiary/aromatic N) is 2. The third-order valence-corrected chi connectivity index (χ3v) is 3.25. The number of nitrogens with two attached hydrogens (primary N) is 1. The summed E-state index contributed by atoms with van der Waals surface area (Å²) in [6.07, 6.45) is 0.269. The standard InChI is InChI=1S/C14H21N3O4/c1-9(7-13(15)16-19)17(2)14(18)11-8-10(20-3)5-6-12(11)21-4/h5-6,8-9,19H,7H2,1-4H3,(H2,15,16). The average molecular weight is 295 g/mol. The average Bonchev–Trinajstić information content (AvgIpc) is 2.52. The first-order chi connectivity index (χ1) is 9.94. The van der Waals surface area contributed by atoms with Crippen LogP contribution in [0.2, 0.25) is 0 Å². The maximum absolute atomic E-state index is 12.6. The lowest BCUT2D eigenvalue weighted by Crippen LogP contribution is -2.38. The predicted octanol–water partition coefficient (Wildman–Crippen LogP) is 1.30. The van der Waals surface area contributed by atoms with E-state index in [-0.39, 0.29) is 24.2 Å². The van der Waals surface area contributed by atoms with Gasteiger partial charge in [0.15, 0.2) is 0 Å². The van der Waals surface area contributed by atoms with Gasteiger partial charge in [-0.05, 0) is 25.1 Å². The number of rotatable bonds is 6. The maximum Gasteiger partial charge on any atom is 0.257 e. The largest absolute Gasteiger partial charge is 0.497 e. The molecule has 0 radical (unpaired) electrons. The minimum atomic E-state index is -0.232. The van der Waals surface area contributed by atoms with E-state index in [0.29, 0.717) is 17.1 Å². The van der Waals surface area contributed by atoms with Crippen LogP contribution in [0.1, 0.15) is 23.7 Å². The lowest BCUT2D eigenvalue weighted by atomic mass is 10.1. The zero-order valence-corrected chi connectivity index (χ0v) is 12.7. The molecule has 0 aliphatic carbocycles. The van der Waals surface area contributed by atoms with Gasteiger partial charge in [0, 0.05) is 19.5 Å². The van der Waals surface area contributed by atoms with Gasteiger partial charge in [-0.25, -0.2) is 0 Å². The lowest BCUT2D eigenvalue weighted by molar-refractivity contribution is 0.0743. The molecule has 0 aliphatic heterocycles. The fourth-order valence-electron chi connectivity index (χ4n) is 1.85. The molecule has 0 saturated heterocycles. The van der Waals surface area contributed by atoms with Gasteiger partial charge in [0.25, 0.3) is 5.91 Å². The highest BCUT2D eigenvalue weighted by Crippen LogP contribution is 2.25. The van der Waals surface area contributed by atoms with Crippen LogP contribution >= 0.6 is 0 Å². The van der Waals surface area contributed by atoms with Crippen molar-refractivity contribution in [3.8, 4) is 11.5 Å². The van der Waals surface area contributed by atoms with Gasteiger partial charge in [0.2, 0.25) is 0 Å². The quantitative estimate of drug-likeness (QED) is 0.357. The summed E-state index contributed by atoms with van der Waals surface area (Å²) in [6, 6.07) is 4.78. The zero-order chi connectivity index (χ0) is 16.0. The summed E-state index contributed by atoms with van der Waals surface area (Å²) >= 11 is 0. The van der Waals surface area contributed by atoms with Crippen LogP contribution < -0.4 is 15.2 Å². The summed E-state index contributed by atoms with van der Waals surface area (Å²) in [5.41, 5.74) is 5.86. The van der Waals surface area contributed by atoms with E-state index in [0.717, 1.165) is 0 Å². The number of methoxy groups -OCH3 is 2. The Kier molecular flexibility index (Phi) is 5.83. The molecule has 0 bridgehead atoms. The Morgan fingerprint density at radius 2 is 2.10 bits per heavy atom. The Morgan fingerprint density at radius 3 is 2.62 bits per heavy atom. The second-order valence-electron chi connectivity index (χ2n) is 4.63. The van der Waals surface area contributed by atoms with Crippen LogP contribution in [-0.4, -0.2) is 49.2 Å². The first kappa shape index (κ1) is 16.6. The molecule has 1 rings (SSSR count). The third-order valence-electron chi connectivity index (χ3n) is 3.25. The molecule has 1 aromatic carbocycles. The summed E-state index contributed by atoms with van der Waals surface area (Å²) in [5, 5.41) is 11.5. The fourth-order valence-corrected chi connectivity index (χ4v) is 1.85. The van der Waals surface area contributed by atoms with E-state index in [1.165, 1.54) is 19.1 Å². The summed E-state index contributed by atoms with van der Waals surface area (Å²) in [4.78, 5) is 14.1. The molecule has 21 heavy (non-hydrogen) atoms. The first-order valence-electron chi connectivity index (χ1n) is 6.40. The number of amidine groups is 1. The topological polar surface area (TPSA) is 97.4 Å². The number of hydrogen-bond acceptors (Lipinski definition) is 5. The first-order valence-corrected chi connectivity index (χ1v) is 6.40. The van der Waals surface area contributed by atoms with Crippen molar-refractivity contribution in [2.24, 2.45) is 10.9 Å². The Morgan fingerprint density at radius 1 is 1.43 bits per heavy atom. The molecular formula is C14H21N3O4. The highest BCUT2D eigenvalue weighted by Gasteiger charge is 2.22. The Bertz CT molecular complexity index is 531.